The van der Waals surface area contributed by atoms with E-state index in [9.17, 15) is 0 Å². The largest absolute Gasteiger partial charge is 0.330 e. The highest BCUT2D eigenvalue weighted by molar-refractivity contribution is 7.98. The zero-order valence-electron chi connectivity index (χ0n) is 11.2. The van der Waals surface area contributed by atoms with Crippen molar-refractivity contribution >= 4 is 11.8 Å². The molecule has 3 nitrogen and oxygen atoms in total. The maximum Gasteiger partial charge on any atom is 0.0723 e. The Morgan fingerprint density at radius 1 is 1.41 bits per heavy atom. The third kappa shape index (κ3) is 4.72. The van der Waals surface area contributed by atoms with Gasteiger partial charge in [-0.05, 0) is 37.1 Å². The van der Waals surface area contributed by atoms with Crippen molar-refractivity contribution in [2.45, 2.75) is 45.4 Å². The molecule has 0 aromatic carbocycles. The second kappa shape index (κ2) is 7.77. The van der Waals surface area contributed by atoms with Crippen LogP contribution >= 0.6 is 11.8 Å². The zero-order chi connectivity index (χ0) is 12.7. The third-order valence-corrected chi connectivity index (χ3v) is 4.34. The Morgan fingerprint density at radius 3 is 2.71 bits per heavy atom. The molecule has 0 radical (unpaired) electrons. The summed E-state index contributed by atoms with van der Waals surface area (Å²) in [5, 5.41) is 4.64. The molecular weight excluding hydrogens is 230 g/mol. The summed E-state index contributed by atoms with van der Waals surface area (Å²) in [5.41, 5.74) is 6.78. The Morgan fingerprint density at radius 2 is 2.12 bits per heavy atom. The molecule has 0 saturated carbocycles. The molecule has 0 aliphatic rings. The van der Waals surface area contributed by atoms with Gasteiger partial charge in [0, 0.05) is 11.9 Å². The van der Waals surface area contributed by atoms with E-state index in [1.165, 1.54) is 5.69 Å². The summed E-state index contributed by atoms with van der Waals surface area (Å²) in [6.45, 7) is 7.39. The van der Waals surface area contributed by atoms with Crippen LogP contribution in [0.25, 0.3) is 0 Å². The first kappa shape index (κ1) is 14.6. The van der Waals surface area contributed by atoms with Gasteiger partial charge in [-0.3, -0.25) is 4.68 Å². The van der Waals surface area contributed by atoms with Gasteiger partial charge in [-0.2, -0.15) is 16.9 Å². The lowest BCUT2D eigenvalue weighted by Gasteiger charge is -2.12. The van der Waals surface area contributed by atoms with Crippen LogP contribution in [0.4, 0.5) is 0 Å². The topological polar surface area (TPSA) is 43.8 Å². The molecule has 1 unspecified atom stereocenters. The summed E-state index contributed by atoms with van der Waals surface area (Å²) in [5.74, 6) is 2.72. The Bertz CT molecular complexity index is 307. The molecule has 0 aliphatic carbocycles. The van der Waals surface area contributed by atoms with E-state index in [1.54, 1.807) is 0 Å². The first-order valence-electron chi connectivity index (χ1n) is 6.53. The van der Waals surface area contributed by atoms with Crippen molar-refractivity contribution in [3.63, 3.8) is 0 Å². The van der Waals surface area contributed by atoms with Crippen LogP contribution in [0.15, 0.2) is 12.3 Å². The molecule has 17 heavy (non-hydrogen) atoms. The molecule has 0 bridgehead atoms. The molecule has 1 heterocycles. The maximum absolute atomic E-state index is 5.60. The van der Waals surface area contributed by atoms with E-state index in [0.717, 1.165) is 30.9 Å². The fraction of sp³-hybridized carbons (Fsp3) is 0.769. The van der Waals surface area contributed by atoms with Crippen LogP contribution in [-0.4, -0.2) is 22.1 Å². The second-order valence-corrected chi connectivity index (χ2v) is 5.64. The lowest BCUT2D eigenvalue weighted by molar-refractivity contribution is 0.426. The molecule has 1 aromatic heterocycles. The van der Waals surface area contributed by atoms with Gasteiger partial charge in [0.15, 0.2) is 0 Å². The van der Waals surface area contributed by atoms with Crippen molar-refractivity contribution in [2.24, 2.45) is 11.7 Å². The van der Waals surface area contributed by atoms with Crippen LogP contribution in [0.2, 0.25) is 0 Å². The smallest absolute Gasteiger partial charge is 0.0723 e. The van der Waals surface area contributed by atoms with Gasteiger partial charge in [-0.1, -0.05) is 20.8 Å². The quantitative estimate of drug-likeness (QED) is 0.776. The number of hydrogen-bond donors (Lipinski definition) is 1. The third-order valence-electron chi connectivity index (χ3n) is 3.03. The predicted molar refractivity (Wildman–Crippen MR) is 76.2 cm³/mol. The van der Waals surface area contributed by atoms with E-state index in [-0.39, 0.29) is 0 Å². The van der Waals surface area contributed by atoms with E-state index in [2.05, 4.69) is 42.8 Å². The molecule has 0 amide bonds. The van der Waals surface area contributed by atoms with Gasteiger partial charge in [-0.15, -0.1) is 0 Å². The van der Waals surface area contributed by atoms with Crippen LogP contribution in [-0.2, 0) is 5.75 Å². The van der Waals surface area contributed by atoms with Crippen molar-refractivity contribution in [2.75, 3.05) is 12.3 Å². The fourth-order valence-electron chi connectivity index (χ4n) is 1.75. The van der Waals surface area contributed by atoms with Crippen LogP contribution in [0.5, 0.6) is 0 Å². The summed E-state index contributed by atoms with van der Waals surface area (Å²) in [7, 11) is 0. The Hall–Kier alpha value is -0.480. The molecule has 2 N–H and O–H groups in total. The zero-order valence-corrected chi connectivity index (χ0v) is 12.0. The molecule has 1 aromatic rings. The van der Waals surface area contributed by atoms with Gasteiger partial charge in [0.25, 0.3) is 0 Å². The fourth-order valence-corrected chi connectivity index (χ4v) is 2.77. The van der Waals surface area contributed by atoms with Gasteiger partial charge < -0.3 is 5.73 Å². The summed E-state index contributed by atoms with van der Waals surface area (Å²) < 4.78 is 2.11. The number of thioether (sulfide) groups is 1. The Labute approximate surface area is 109 Å². The standard InChI is InChI=1S/C13H25N3S/c1-4-13(5-2)16-7-6-12(15-16)10-17-9-11(3)8-14/h6-7,11,13H,4-5,8-10,14H2,1-3H3. The molecule has 0 aliphatic heterocycles. The van der Waals surface area contributed by atoms with Gasteiger partial charge in [0.2, 0.25) is 0 Å². The second-order valence-electron chi connectivity index (χ2n) is 4.61. The van der Waals surface area contributed by atoms with Crippen molar-refractivity contribution in [1.29, 1.82) is 0 Å². The highest BCUT2D eigenvalue weighted by atomic mass is 32.2. The number of nitrogens with zero attached hydrogens (tertiary/aromatic N) is 2. The molecule has 98 valence electrons. The minimum absolute atomic E-state index is 0.553. The molecule has 0 saturated heterocycles. The minimum atomic E-state index is 0.553. The number of hydrogen-bond acceptors (Lipinski definition) is 3. The number of rotatable bonds is 8. The van der Waals surface area contributed by atoms with Crippen LogP contribution in [0.3, 0.4) is 0 Å². The predicted octanol–water partition coefficient (Wildman–Crippen LogP) is 3.07. The number of nitrogens with two attached hydrogens (primary N) is 1. The summed E-state index contributed by atoms with van der Waals surface area (Å²) in [4.78, 5) is 0. The lowest BCUT2D eigenvalue weighted by Crippen LogP contribution is -2.12. The van der Waals surface area contributed by atoms with Gasteiger partial charge >= 0.3 is 0 Å². The monoisotopic (exact) mass is 255 g/mol. The van der Waals surface area contributed by atoms with Gasteiger partial charge in [0.1, 0.15) is 0 Å². The average molecular weight is 255 g/mol. The van der Waals surface area contributed by atoms with E-state index < -0.39 is 0 Å². The van der Waals surface area contributed by atoms with Gasteiger partial charge in [0.05, 0.1) is 11.7 Å². The van der Waals surface area contributed by atoms with Crippen molar-refractivity contribution in [1.82, 2.24) is 9.78 Å². The highest BCUT2D eigenvalue weighted by Crippen LogP contribution is 2.17. The summed E-state index contributed by atoms with van der Waals surface area (Å²) in [6.07, 6.45) is 4.41. The first-order chi connectivity index (χ1) is 8.21. The molecule has 1 atom stereocenters. The SMILES string of the molecule is CCC(CC)n1ccc(CSCC(C)CN)n1. The Kier molecular flexibility index (Phi) is 6.66. The van der Waals surface area contributed by atoms with E-state index in [4.69, 9.17) is 5.73 Å². The molecular formula is C13H25N3S. The first-order valence-corrected chi connectivity index (χ1v) is 7.68. The normalized spacial score (nSPS) is 13.2. The Balaban J connectivity index is 2.40. The molecule has 4 heteroatoms. The van der Waals surface area contributed by atoms with Crippen molar-refractivity contribution < 1.29 is 0 Å². The van der Waals surface area contributed by atoms with Crippen molar-refractivity contribution in [3.05, 3.63) is 18.0 Å². The van der Waals surface area contributed by atoms with Crippen molar-refractivity contribution in [3.8, 4) is 0 Å². The maximum atomic E-state index is 5.60. The highest BCUT2D eigenvalue weighted by Gasteiger charge is 2.08. The van der Waals surface area contributed by atoms with Crippen LogP contribution < -0.4 is 5.73 Å². The van der Waals surface area contributed by atoms with E-state index >= 15 is 0 Å². The van der Waals surface area contributed by atoms with E-state index in [1.807, 2.05) is 11.8 Å². The van der Waals surface area contributed by atoms with E-state index in [0.29, 0.717) is 12.0 Å². The molecule has 0 fully saturated rings. The molecule has 1 rings (SSSR count). The molecule has 0 spiro atoms. The summed E-state index contributed by atoms with van der Waals surface area (Å²) in [6, 6.07) is 2.69. The van der Waals surface area contributed by atoms with Crippen LogP contribution in [0, 0.1) is 5.92 Å². The van der Waals surface area contributed by atoms with Gasteiger partial charge in [-0.25, -0.2) is 0 Å². The average Bonchev–Trinajstić information content (AvgIpc) is 2.79. The lowest BCUT2D eigenvalue weighted by atomic mass is 10.2. The minimum Gasteiger partial charge on any atom is -0.330 e. The summed E-state index contributed by atoms with van der Waals surface area (Å²) >= 11 is 1.92. The number of aromatic nitrogens is 2. The van der Waals surface area contributed by atoms with Crippen LogP contribution in [0.1, 0.15) is 45.3 Å².